The number of nitrogens with one attached hydrogen (secondary N) is 1. The molecule has 1 N–H and O–H groups in total. The number of nitrogens with zero attached hydrogens (tertiary/aromatic N) is 2. The molecular formula is C15H17N3O3. The van der Waals surface area contributed by atoms with Crippen LogP contribution < -0.4 is 5.32 Å². The van der Waals surface area contributed by atoms with Gasteiger partial charge >= 0.3 is 0 Å². The van der Waals surface area contributed by atoms with E-state index in [1.165, 1.54) is 0 Å². The number of carbonyl (C=O) groups excluding carboxylic acids is 1. The summed E-state index contributed by atoms with van der Waals surface area (Å²) in [5.74, 6) is -0.101. The average Bonchev–Trinajstić information content (AvgIpc) is 3.07. The highest BCUT2D eigenvalue weighted by Gasteiger charge is 2.33. The number of amides is 1. The molecule has 3 heterocycles. The molecule has 1 unspecified atom stereocenters. The molecule has 3 rings (SSSR count). The fourth-order valence-corrected chi connectivity index (χ4v) is 2.40. The maximum absolute atomic E-state index is 12.1. The predicted octanol–water partition coefficient (Wildman–Crippen LogP) is 2.03. The van der Waals surface area contributed by atoms with E-state index in [-0.39, 0.29) is 23.3 Å². The van der Waals surface area contributed by atoms with Crippen LogP contribution in [0.25, 0.3) is 11.4 Å². The number of rotatable bonds is 3. The van der Waals surface area contributed by atoms with Gasteiger partial charge < -0.3 is 14.6 Å². The van der Waals surface area contributed by atoms with Crippen LogP contribution in [0.5, 0.6) is 0 Å². The van der Waals surface area contributed by atoms with E-state index in [1.807, 2.05) is 32.0 Å². The summed E-state index contributed by atoms with van der Waals surface area (Å²) in [4.78, 5) is 16.3. The minimum atomic E-state index is -0.281. The Balaban J connectivity index is 1.68. The molecule has 0 radical (unpaired) electrons. The summed E-state index contributed by atoms with van der Waals surface area (Å²) in [6.07, 6.45) is 2.45. The van der Waals surface area contributed by atoms with Gasteiger partial charge in [0.1, 0.15) is 5.69 Å². The molecule has 1 aliphatic heterocycles. The van der Waals surface area contributed by atoms with Gasteiger partial charge in [0.05, 0.1) is 23.9 Å². The van der Waals surface area contributed by atoms with Gasteiger partial charge in [-0.3, -0.25) is 9.78 Å². The van der Waals surface area contributed by atoms with Crippen molar-refractivity contribution < 1.29 is 14.1 Å². The summed E-state index contributed by atoms with van der Waals surface area (Å²) < 4.78 is 10.7. The maximum atomic E-state index is 12.1. The number of aromatic nitrogens is 2. The van der Waals surface area contributed by atoms with E-state index < -0.39 is 0 Å². The normalized spacial score (nSPS) is 20.4. The molecular weight excluding hydrogens is 270 g/mol. The van der Waals surface area contributed by atoms with Crippen LogP contribution in [0.3, 0.4) is 0 Å². The van der Waals surface area contributed by atoms with Crippen molar-refractivity contribution in [2.24, 2.45) is 0 Å². The second-order valence-corrected chi connectivity index (χ2v) is 5.74. The molecule has 0 aromatic carbocycles. The van der Waals surface area contributed by atoms with E-state index in [4.69, 9.17) is 9.26 Å². The smallest absolute Gasteiger partial charge is 0.290 e. The first-order valence-corrected chi connectivity index (χ1v) is 6.86. The molecule has 2 aromatic heterocycles. The Labute approximate surface area is 122 Å². The number of hydrogen-bond acceptors (Lipinski definition) is 5. The first-order valence-electron chi connectivity index (χ1n) is 6.86. The van der Waals surface area contributed by atoms with Gasteiger partial charge in [0.25, 0.3) is 5.91 Å². The van der Waals surface area contributed by atoms with Crippen LogP contribution in [-0.4, -0.2) is 34.3 Å². The van der Waals surface area contributed by atoms with Gasteiger partial charge in [0, 0.05) is 12.3 Å². The first-order chi connectivity index (χ1) is 10.0. The molecule has 1 amide bonds. The second kappa shape index (κ2) is 5.29. The molecule has 1 aliphatic rings. The standard InChI is InChI=1S/C15H17N3O3/c1-15(2)8-10(9-20-15)17-14(19)13-7-12(18-21-13)11-5-3-4-6-16-11/h3-7,10H,8-9H2,1-2H3,(H,17,19). The van der Waals surface area contributed by atoms with E-state index in [0.717, 1.165) is 6.42 Å². The highest BCUT2D eigenvalue weighted by molar-refractivity contribution is 5.92. The fraction of sp³-hybridized carbons (Fsp3) is 0.400. The molecule has 6 nitrogen and oxygen atoms in total. The Hall–Kier alpha value is -2.21. The van der Waals surface area contributed by atoms with Crippen LogP contribution in [0.4, 0.5) is 0 Å². The number of carbonyl (C=O) groups is 1. The third-order valence-corrected chi connectivity index (χ3v) is 3.41. The fourth-order valence-electron chi connectivity index (χ4n) is 2.40. The lowest BCUT2D eigenvalue weighted by atomic mass is 10.0. The average molecular weight is 287 g/mol. The van der Waals surface area contributed by atoms with Gasteiger partial charge in [-0.15, -0.1) is 0 Å². The molecule has 110 valence electrons. The van der Waals surface area contributed by atoms with Crippen LogP contribution in [0.1, 0.15) is 30.8 Å². The van der Waals surface area contributed by atoms with Crippen molar-refractivity contribution in [2.75, 3.05) is 6.61 Å². The lowest BCUT2D eigenvalue weighted by Crippen LogP contribution is -2.35. The minimum absolute atomic E-state index is 0.00380. The first kappa shape index (κ1) is 13.8. The van der Waals surface area contributed by atoms with Crippen LogP contribution >= 0.6 is 0 Å². The SMILES string of the molecule is CC1(C)CC(NC(=O)c2cc(-c3ccccn3)no2)CO1. The van der Waals surface area contributed by atoms with Crippen LogP contribution in [0, 0.1) is 0 Å². The largest absolute Gasteiger partial charge is 0.373 e. The lowest BCUT2D eigenvalue weighted by molar-refractivity contribution is 0.0355. The predicted molar refractivity (Wildman–Crippen MR) is 75.6 cm³/mol. The van der Waals surface area contributed by atoms with E-state index in [0.29, 0.717) is 18.0 Å². The van der Waals surface area contributed by atoms with Crippen molar-refractivity contribution in [3.05, 3.63) is 36.2 Å². The summed E-state index contributed by atoms with van der Waals surface area (Å²) in [7, 11) is 0. The second-order valence-electron chi connectivity index (χ2n) is 5.74. The lowest BCUT2D eigenvalue weighted by Gasteiger charge is -2.15. The molecule has 0 bridgehead atoms. The highest BCUT2D eigenvalue weighted by atomic mass is 16.5. The van der Waals surface area contributed by atoms with Crippen molar-refractivity contribution in [1.29, 1.82) is 0 Å². The Kier molecular flexibility index (Phi) is 3.47. The molecule has 6 heteroatoms. The maximum Gasteiger partial charge on any atom is 0.290 e. The number of hydrogen-bond donors (Lipinski definition) is 1. The molecule has 1 fully saturated rings. The molecule has 1 atom stereocenters. The van der Waals surface area contributed by atoms with Gasteiger partial charge in [-0.1, -0.05) is 11.2 Å². The highest BCUT2D eigenvalue weighted by Crippen LogP contribution is 2.24. The van der Waals surface area contributed by atoms with Crippen molar-refractivity contribution in [3.8, 4) is 11.4 Å². The molecule has 0 saturated carbocycles. The van der Waals surface area contributed by atoms with Crippen molar-refractivity contribution in [3.63, 3.8) is 0 Å². The summed E-state index contributed by atoms with van der Waals surface area (Å²) in [5.41, 5.74) is 1.02. The molecule has 1 saturated heterocycles. The van der Waals surface area contributed by atoms with Gasteiger partial charge in [-0.25, -0.2) is 0 Å². The van der Waals surface area contributed by atoms with E-state index in [9.17, 15) is 4.79 Å². The Morgan fingerprint density at radius 3 is 2.90 bits per heavy atom. The summed E-state index contributed by atoms with van der Waals surface area (Å²) in [5, 5.41) is 6.78. The molecule has 2 aromatic rings. The Morgan fingerprint density at radius 1 is 1.38 bits per heavy atom. The van der Waals surface area contributed by atoms with E-state index in [2.05, 4.69) is 15.5 Å². The summed E-state index contributed by atoms with van der Waals surface area (Å²) in [6, 6.07) is 7.08. The van der Waals surface area contributed by atoms with Crippen molar-refractivity contribution >= 4 is 5.91 Å². The zero-order chi connectivity index (χ0) is 14.9. The number of pyridine rings is 1. The number of ether oxygens (including phenoxy) is 1. The summed E-state index contributed by atoms with van der Waals surface area (Å²) >= 11 is 0. The third-order valence-electron chi connectivity index (χ3n) is 3.41. The minimum Gasteiger partial charge on any atom is -0.373 e. The molecule has 0 aliphatic carbocycles. The van der Waals surface area contributed by atoms with E-state index >= 15 is 0 Å². The monoisotopic (exact) mass is 287 g/mol. The van der Waals surface area contributed by atoms with Crippen LogP contribution in [0.15, 0.2) is 35.0 Å². The van der Waals surface area contributed by atoms with Crippen molar-refractivity contribution in [2.45, 2.75) is 31.9 Å². The Morgan fingerprint density at radius 2 is 2.24 bits per heavy atom. The van der Waals surface area contributed by atoms with Gasteiger partial charge in [-0.05, 0) is 32.4 Å². The Bertz CT molecular complexity index is 637. The zero-order valence-corrected chi connectivity index (χ0v) is 12.0. The van der Waals surface area contributed by atoms with Crippen LogP contribution in [-0.2, 0) is 4.74 Å². The van der Waals surface area contributed by atoms with E-state index in [1.54, 1.807) is 12.3 Å². The topological polar surface area (TPSA) is 77.3 Å². The molecule has 21 heavy (non-hydrogen) atoms. The zero-order valence-electron chi connectivity index (χ0n) is 12.0. The molecule has 0 spiro atoms. The van der Waals surface area contributed by atoms with Gasteiger partial charge in [-0.2, -0.15) is 0 Å². The van der Waals surface area contributed by atoms with Gasteiger partial charge in [0.15, 0.2) is 0 Å². The third kappa shape index (κ3) is 3.11. The quantitative estimate of drug-likeness (QED) is 0.934. The van der Waals surface area contributed by atoms with Gasteiger partial charge in [0.2, 0.25) is 5.76 Å². The van der Waals surface area contributed by atoms with Crippen molar-refractivity contribution in [1.82, 2.24) is 15.5 Å². The summed E-state index contributed by atoms with van der Waals surface area (Å²) in [6.45, 7) is 4.53. The van der Waals surface area contributed by atoms with Crippen LogP contribution in [0.2, 0.25) is 0 Å².